The Hall–Kier alpha value is -0.640. The lowest BCUT2D eigenvalue weighted by Gasteiger charge is -2.18. The third-order valence-electron chi connectivity index (χ3n) is 2.91. The van der Waals surface area contributed by atoms with Crippen molar-refractivity contribution in [3.05, 3.63) is 22.2 Å². The molecule has 0 aliphatic rings. The van der Waals surface area contributed by atoms with Crippen LogP contribution in [0.25, 0.3) is 0 Å². The highest BCUT2D eigenvalue weighted by Gasteiger charge is 2.06. The van der Waals surface area contributed by atoms with Crippen LogP contribution < -0.4 is 11.1 Å². The van der Waals surface area contributed by atoms with E-state index in [0.717, 1.165) is 38.3 Å². The lowest BCUT2D eigenvalue weighted by atomic mass is 10.2. The van der Waals surface area contributed by atoms with Gasteiger partial charge in [0, 0.05) is 12.2 Å². The Morgan fingerprint density at radius 1 is 1.17 bits per heavy atom. The van der Waals surface area contributed by atoms with Crippen molar-refractivity contribution in [3.8, 4) is 0 Å². The maximum Gasteiger partial charge on any atom is 0.0720 e. The summed E-state index contributed by atoms with van der Waals surface area (Å²) >= 11 is 12.2. The molecule has 3 nitrogen and oxygen atoms in total. The number of hydrogen-bond donors (Lipinski definition) is 2. The van der Waals surface area contributed by atoms with Gasteiger partial charge in [-0.05, 0) is 38.2 Å². The molecule has 0 unspecified atom stereocenters. The molecule has 1 aromatic carbocycles. The Kier molecular flexibility index (Phi) is 6.61. The van der Waals surface area contributed by atoms with Crippen molar-refractivity contribution in [3.63, 3.8) is 0 Å². The summed E-state index contributed by atoms with van der Waals surface area (Å²) in [5.41, 5.74) is 7.01. The molecule has 0 saturated heterocycles. The first-order chi connectivity index (χ1) is 8.58. The fourth-order valence-corrected chi connectivity index (χ4v) is 2.46. The van der Waals surface area contributed by atoms with Crippen molar-refractivity contribution in [1.29, 1.82) is 0 Å². The molecule has 1 aromatic rings. The number of anilines is 2. The molecule has 5 heteroatoms. The summed E-state index contributed by atoms with van der Waals surface area (Å²) in [6.07, 6.45) is 1.05. The first-order valence-corrected chi connectivity index (χ1v) is 7.04. The van der Waals surface area contributed by atoms with E-state index >= 15 is 0 Å². The van der Waals surface area contributed by atoms with Gasteiger partial charge < -0.3 is 16.0 Å². The van der Waals surface area contributed by atoms with Crippen LogP contribution in [0.2, 0.25) is 10.0 Å². The summed E-state index contributed by atoms with van der Waals surface area (Å²) in [5, 5.41) is 4.41. The minimum Gasteiger partial charge on any atom is -0.399 e. The molecule has 0 aliphatic heterocycles. The summed E-state index contributed by atoms with van der Waals surface area (Å²) in [6, 6.07) is 3.42. The van der Waals surface area contributed by atoms with Gasteiger partial charge in [0.1, 0.15) is 0 Å². The molecule has 0 fully saturated rings. The highest BCUT2D eigenvalue weighted by Crippen LogP contribution is 2.32. The van der Waals surface area contributed by atoms with Gasteiger partial charge in [0.05, 0.1) is 15.7 Å². The van der Waals surface area contributed by atoms with E-state index in [0.29, 0.717) is 15.7 Å². The lowest BCUT2D eigenvalue weighted by molar-refractivity contribution is 0.303. The second-order valence-electron chi connectivity index (χ2n) is 4.17. The van der Waals surface area contributed by atoms with E-state index in [4.69, 9.17) is 28.9 Å². The van der Waals surface area contributed by atoms with Crippen molar-refractivity contribution in [2.75, 3.05) is 37.2 Å². The van der Waals surface area contributed by atoms with Crippen LogP contribution in [0.4, 0.5) is 11.4 Å². The number of nitrogens with one attached hydrogen (secondary N) is 1. The highest BCUT2D eigenvalue weighted by atomic mass is 35.5. The van der Waals surface area contributed by atoms with E-state index in [2.05, 4.69) is 24.1 Å². The molecular weight excluding hydrogens is 269 g/mol. The van der Waals surface area contributed by atoms with E-state index in [9.17, 15) is 0 Å². The third kappa shape index (κ3) is 4.56. The van der Waals surface area contributed by atoms with Gasteiger partial charge in [0.15, 0.2) is 0 Å². The Bertz CT molecular complexity index is 355. The monoisotopic (exact) mass is 289 g/mol. The molecule has 0 aliphatic carbocycles. The second kappa shape index (κ2) is 7.72. The van der Waals surface area contributed by atoms with Gasteiger partial charge in [-0.3, -0.25) is 0 Å². The second-order valence-corrected chi connectivity index (χ2v) is 4.98. The van der Waals surface area contributed by atoms with E-state index in [1.54, 1.807) is 12.1 Å². The summed E-state index contributed by atoms with van der Waals surface area (Å²) in [5.74, 6) is 0. The summed E-state index contributed by atoms with van der Waals surface area (Å²) in [4.78, 5) is 2.38. The molecule has 0 heterocycles. The van der Waals surface area contributed by atoms with Crippen molar-refractivity contribution < 1.29 is 0 Å². The van der Waals surface area contributed by atoms with Gasteiger partial charge in [-0.15, -0.1) is 0 Å². The lowest BCUT2D eigenvalue weighted by Crippen LogP contribution is -2.25. The van der Waals surface area contributed by atoms with Crippen LogP contribution in [0.1, 0.15) is 20.3 Å². The quantitative estimate of drug-likeness (QED) is 0.594. The van der Waals surface area contributed by atoms with Gasteiger partial charge >= 0.3 is 0 Å². The molecule has 18 heavy (non-hydrogen) atoms. The summed E-state index contributed by atoms with van der Waals surface area (Å²) in [7, 11) is 0. The number of nitrogens with zero attached hydrogens (tertiary/aromatic N) is 1. The number of nitrogens with two attached hydrogens (primary N) is 1. The summed E-state index contributed by atoms with van der Waals surface area (Å²) in [6.45, 7) is 8.43. The van der Waals surface area contributed by atoms with Crippen molar-refractivity contribution in [2.45, 2.75) is 20.3 Å². The number of rotatable bonds is 7. The molecule has 0 bridgehead atoms. The van der Waals surface area contributed by atoms with Crippen molar-refractivity contribution in [2.24, 2.45) is 0 Å². The van der Waals surface area contributed by atoms with Crippen LogP contribution >= 0.6 is 23.2 Å². The number of hydrogen-bond acceptors (Lipinski definition) is 3. The predicted octanol–water partition coefficient (Wildman–Crippen LogP) is 3.72. The Balaban J connectivity index is 2.44. The van der Waals surface area contributed by atoms with Crippen LogP contribution in [-0.4, -0.2) is 31.1 Å². The fourth-order valence-electron chi connectivity index (χ4n) is 1.82. The molecule has 1 rings (SSSR count). The molecule has 102 valence electrons. The van der Waals surface area contributed by atoms with E-state index in [-0.39, 0.29) is 0 Å². The Morgan fingerprint density at radius 3 is 2.22 bits per heavy atom. The maximum absolute atomic E-state index is 6.09. The average Bonchev–Trinajstić information content (AvgIpc) is 2.32. The molecule has 0 spiro atoms. The van der Waals surface area contributed by atoms with Crippen LogP contribution in [0.3, 0.4) is 0 Å². The standard InChI is InChI=1S/C13H21Cl2N3/c1-3-18(4-2)7-5-6-17-13-11(14)8-10(16)9-12(13)15/h8-9,17H,3-7,16H2,1-2H3. The predicted molar refractivity (Wildman–Crippen MR) is 81.8 cm³/mol. The smallest absolute Gasteiger partial charge is 0.0720 e. The van der Waals surface area contributed by atoms with E-state index in [1.165, 1.54) is 0 Å². The highest BCUT2D eigenvalue weighted by molar-refractivity contribution is 6.39. The topological polar surface area (TPSA) is 41.3 Å². The molecule has 3 N–H and O–H groups in total. The Labute approximate surface area is 119 Å². The first-order valence-electron chi connectivity index (χ1n) is 6.29. The van der Waals surface area contributed by atoms with E-state index in [1.807, 2.05) is 0 Å². The largest absolute Gasteiger partial charge is 0.399 e. The molecule has 0 atom stereocenters. The minimum atomic E-state index is 0.572. The fraction of sp³-hybridized carbons (Fsp3) is 0.538. The van der Waals surface area contributed by atoms with Gasteiger partial charge in [-0.25, -0.2) is 0 Å². The first kappa shape index (κ1) is 15.4. The van der Waals surface area contributed by atoms with Crippen LogP contribution in [0.5, 0.6) is 0 Å². The molecule has 0 saturated carbocycles. The number of halogens is 2. The zero-order valence-electron chi connectivity index (χ0n) is 11.0. The number of benzene rings is 1. The zero-order chi connectivity index (χ0) is 13.5. The normalized spacial score (nSPS) is 10.9. The van der Waals surface area contributed by atoms with E-state index < -0.39 is 0 Å². The zero-order valence-corrected chi connectivity index (χ0v) is 12.5. The maximum atomic E-state index is 6.09. The number of nitrogen functional groups attached to an aromatic ring is 1. The third-order valence-corrected chi connectivity index (χ3v) is 3.51. The average molecular weight is 290 g/mol. The van der Waals surface area contributed by atoms with Crippen molar-refractivity contribution >= 4 is 34.6 Å². The van der Waals surface area contributed by atoms with Gasteiger partial charge in [-0.2, -0.15) is 0 Å². The minimum absolute atomic E-state index is 0.572. The SMILES string of the molecule is CCN(CC)CCCNc1c(Cl)cc(N)cc1Cl. The molecule has 0 radical (unpaired) electrons. The van der Waals surface area contributed by atoms with Crippen molar-refractivity contribution in [1.82, 2.24) is 4.90 Å². The Morgan fingerprint density at radius 2 is 1.72 bits per heavy atom. The van der Waals surface area contributed by atoms with Crippen LogP contribution in [-0.2, 0) is 0 Å². The molecule has 0 amide bonds. The summed E-state index contributed by atoms with van der Waals surface area (Å²) < 4.78 is 0. The van der Waals surface area contributed by atoms with Crippen LogP contribution in [0.15, 0.2) is 12.1 Å². The van der Waals surface area contributed by atoms with Gasteiger partial charge in [0.25, 0.3) is 0 Å². The molecular formula is C13H21Cl2N3. The van der Waals surface area contributed by atoms with Gasteiger partial charge in [0.2, 0.25) is 0 Å². The van der Waals surface area contributed by atoms with Gasteiger partial charge in [-0.1, -0.05) is 37.0 Å². The molecule has 0 aromatic heterocycles. The van der Waals surface area contributed by atoms with Crippen LogP contribution in [0, 0.1) is 0 Å².